The molecule has 15 heavy (non-hydrogen) atoms. The summed E-state index contributed by atoms with van der Waals surface area (Å²) < 4.78 is 2.14. The fraction of sp³-hybridized carbons (Fsp3) is 0.455. The molecule has 4 nitrogen and oxygen atoms in total. The van der Waals surface area contributed by atoms with E-state index in [1.165, 1.54) is 6.92 Å². The lowest BCUT2D eigenvalue weighted by atomic mass is 10.2. The Labute approximate surface area is 89.4 Å². The molecule has 0 saturated heterocycles. The van der Waals surface area contributed by atoms with Gasteiger partial charge < -0.3 is 4.57 Å². The van der Waals surface area contributed by atoms with Gasteiger partial charge in [-0.25, -0.2) is 0 Å². The molecule has 0 N–H and O–H groups in total. The van der Waals surface area contributed by atoms with Gasteiger partial charge in [0.2, 0.25) is 5.70 Å². The molecule has 0 aliphatic carbocycles. The zero-order chi connectivity index (χ0) is 11.6. The summed E-state index contributed by atoms with van der Waals surface area (Å²) in [6.45, 7) is 8.46. The molecule has 0 aromatic carbocycles. The third kappa shape index (κ3) is 2.26. The number of hydrogen-bond donors (Lipinski definition) is 0. The van der Waals surface area contributed by atoms with Gasteiger partial charge in [-0.1, -0.05) is 0 Å². The summed E-state index contributed by atoms with van der Waals surface area (Å²) in [6.07, 6.45) is 1.62. The first-order valence-corrected chi connectivity index (χ1v) is 4.96. The zero-order valence-corrected chi connectivity index (χ0v) is 9.57. The van der Waals surface area contributed by atoms with Gasteiger partial charge in [-0.3, -0.25) is 10.1 Å². The summed E-state index contributed by atoms with van der Waals surface area (Å²) in [5.74, 6) is 0. The van der Waals surface area contributed by atoms with Gasteiger partial charge in [0.1, 0.15) is 0 Å². The molecule has 0 bridgehead atoms. The minimum absolute atomic E-state index is 0.173. The van der Waals surface area contributed by atoms with E-state index in [-0.39, 0.29) is 10.6 Å². The van der Waals surface area contributed by atoms with E-state index < -0.39 is 0 Å². The first kappa shape index (κ1) is 11.5. The molecule has 0 aliphatic rings. The van der Waals surface area contributed by atoms with E-state index in [4.69, 9.17) is 0 Å². The van der Waals surface area contributed by atoms with Crippen molar-refractivity contribution in [2.24, 2.45) is 0 Å². The molecule has 0 radical (unpaired) electrons. The van der Waals surface area contributed by atoms with Gasteiger partial charge in [0, 0.05) is 36.5 Å². The van der Waals surface area contributed by atoms with Crippen LogP contribution in [0.4, 0.5) is 0 Å². The molecule has 82 valence electrons. The van der Waals surface area contributed by atoms with Crippen molar-refractivity contribution in [3.8, 4) is 0 Å². The Hall–Kier alpha value is -1.58. The van der Waals surface area contributed by atoms with Crippen molar-refractivity contribution >= 4 is 6.08 Å². The highest BCUT2D eigenvalue weighted by molar-refractivity contribution is 5.54. The lowest BCUT2D eigenvalue weighted by molar-refractivity contribution is -0.422. The summed E-state index contributed by atoms with van der Waals surface area (Å²) >= 11 is 0. The van der Waals surface area contributed by atoms with E-state index >= 15 is 0 Å². The summed E-state index contributed by atoms with van der Waals surface area (Å²) in [5, 5.41) is 10.5. The minimum atomic E-state index is -0.363. The predicted octanol–water partition coefficient (Wildman–Crippen LogP) is 2.76. The van der Waals surface area contributed by atoms with E-state index in [0.29, 0.717) is 0 Å². The van der Waals surface area contributed by atoms with E-state index in [1.807, 2.05) is 19.9 Å². The second kappa shape index (κ2) is 4.29. The summed E-state index contributed by atoms with van der Waals surface area (Å²) in [4.78, 5) is 10.1. The highest BCUT2D eigenvalue weighted by atomic mass is 16.6. The van der Waals surface area contributed by atoms with Crippen LogP contribution in [0.15, 0.2) is 11.8 Å². The van der Waals surface area contributed by atoms with Crippen LogP contribution < -0.4 is 0 Å². The smallest absolute Gasteiger partial charge is 0.243 e. The molecule has 0 spiro atoms. The van der Waals surface area contributed by atoms with Crippen LogP contribution in [-0.2, 0) is 6.54 Å². The molecule has 0 fully saturated rings. The summed E-state index contributed by atoms with van der Waals surface area (Å²) in [5.41, 5.74) is 3.32. The molecular formula is C11H16N2O2. The first-order valence-electron chi connectivity index (χ1n) is 4.96. The molecule has 1 heterocycles. The standard InChI is InChI=1S/C11H16N2O2/c1-5-12-8(2)6-11(10(12)4)7-9(3)13(14)15/h6-7H,5H2,1-4H3. The Morgan fingerprint density at radius 3 is 2.60 bits per heavy atom. The molecule has 0 saturated carbocycles. The Bertz CT molecular complexity index is 416. The van der Waals surface area contributed by atoms with Crippen LogP contribution in [0.25, 0.3) is 6.08 Å². The quantitative estimate of drug-likeness (QED) is 0.566. The number of rotatable bonds is 3. The fourth-order valence-corrected chi connectivity index (χ4v) is 1.74. The molecule has 1 rings (SSSR count). The molecule has 1 aromatic rings. The van der Waals surface area contributed by atoms with Crippen LogP contribution in [0, 0.1) is 24.0 Å². The van der Waals surface area contributed by atoms with Gasteiger partial charge in [0.25, 0.3) is 0 Å². The van der Waals surface area contributed by atoms with Crippen LogP contribution in [0.1, 0.15) is 30.8 Å². The second-order valence-electron chi connectivity index (χ2n) is 3.61. The monoisotopic (exact) mass is 208 g/mol. The Balaban J connectivity index is 3.17. The van der Waals surface area contributed by atoms with Crippen LogP contribution in [0.2, 0.25) is 0 Å². The number of aryl methyl sites for hydroxylation is 1. The maximum atomic E-state index is 10.5. The molecular weight excluding hydrogens is 192 g/mol. The molecule has 0 unspecified atom stereocenters. The lowest BCUT2D eigenvalue weighted by Crippen LogP contribution is -1.99. The number of aromatic nitrogens is 1. The molecule has 0 amide bonds. The van der Waals surface area contributed by atoms with Crippen LogP contribution in [0.5, 0.6) is 0 Å². The van der Waals surface area contributed by atoms with Crippen molar-refractivity contribution in [2.45, 2.75) is 34.2 Å². The van der Waals surface area contributed by atoms with Crippen molar-refractivity contribution in [3.05, 3.63) is 38.8 Å². The van der Waals surface area contributed by atoms with E-state index in [0.717, 1.165) is 23.5 Å². The maximum Gasteiger partial charge on any atom is 0.243 e. The molecule has 0 aliphatic heterocycles. The summed E-state index contributed by atoms with van der Waals surface area (Å²) in [7, 11) is 0. The molecule has 0 atom stereocenters. The Morgan fingerprint density at radius 2 is 2.20 bits per heavy atom. The average Bonchev–Trinajstić information content (AvgIpc) is 2.41. The lowest BCUT2D eigenvalue weighted by Gasteiger charge is -2.04. The number of hydrogen-bond acceptors (Lipinski definition) is 2. The van der Waals surface area contributed by atoms with E-state index in [2.05, 4.69) is 11.5 Å². The minimum Gasteiger partial charge on any atom is -0.349 e. The van der Waals surface area contributed by atoms with Crippen LogP contribution >= 0.6 is 0 Å². The van der Waals surface area contributed by atoms with Gasteiger partial charge in [0.15, 0.2) is 0 Å². The predicted molar refractivity (Wildman–Crippen MR) is 60.2 cm³/mol. The van der Waals surface area contributed by atoms with Crippen LogP contribution in [0.3, 0.4) is 0 Å². The van der Waals surface area contributed by atoms with Crippen molar-refractivity contribution in [1.29, 1.82) is 0 Å². The Morgan fingerprint density at radius 1 is 1.60 bits per heavy atom. The van der Waals surface area contributed by atoms with Gasteiger partial charge in [-0.2, -0.15) is 0 Å². The Kier molecular flexibility index (Phi) is 3.29. The van der Waals surface area contributed by atoms with Gasteiger partial charge in [0.05, 0.1) is 4.92 Å². The highest BCUT2D eigenvalue weighted by Crippen LogP contribution is 2.18. The second-order valence-corrected chi connectivity index (χ2v) is 3.61. The number of allylic oxidation sites excluding steroid dienone is 1. The van der Waals surface area contributed by atoms with Crippen LogP contribution in [-0.4, -0.2) is 9.49 Å². The van der Waals surface area contributed by atoms with Gasteiger partial charge in [-0.05, 0) is 26.8 Å². The number of nitrogens with zero attached hydrogens (tertiary/aromatic N) is 2. The van der Waals surface area contributed by atoms with Crippen molar-refractivity contribution < 1.29 is 4.92 Å². The third-order valence-corrected chi connectivity index (χ3v) is 2.58. The largest absolute Gasteiger partial charge is 0.349 e. The fourth-order valence-electron chi connectivity index (χ4n) is 1.74. The zero-order valence-electron chi connectivity index (χ0n) is 9.57. The van der Waals surface area contributed by atoms with Gasteiger partial charge in [-0.15, -0.1) is 0 Å². The van der Waals surface area contributed by atoms with E-state index in [1.54, 1.807) is 6.08 Å². The summed E-state index contributed by atoms with van der Waals surface area (Å²) in [6, 6.07) is 1.98. The topological polar surface area (TPSA) is 48.1 Å². The van der Waals surface area contributed by atoms with Crippen molar-refractivity contribution in [1.82, 2.24) is 4.57 Å². The van der Waals surface area contributed by atoms with Gasteiger partial charge >= 0.3 is 0 Å². The third-order valence-electron chi connectivity index (χ3n) is 2.58. The highest BCUT2D eigenvalue weighted by Gasteiger charge is 2.09. The number of nitro groups is 1. The maximum absolute atomic E-state index is 10.5. The van der Waals surface area contributed by atoms with Crippen molar-refractivity contribution in [2.75, 3.05) is 0 Å². The van der Waals surface area contributed by atoms with E-state index in [9.17, 15) is 10.1 Å². The molecule has 4 heteroatoms. The normalized spacial score (nSPS) is 11.9. The SMILES string of the molecule is CCn1c(C)cc(C=C(C)[N+](=O)[O-])c1C. The average molecular weight is 208 g/mol. The first-order chi connectivity index (χ1) is 6.97. The van der Waals surface area contributed by atoms with Crippen molar-refractivity contribution in [3.63, 3.8) is 0 Å². The molecule has 1 aromatic heterocycles.